The van der Waals surface area contributed by atoms with E-state index in [0.717, 1.165) is 28.8 Å². The molecule has 0 radical (unpaired) electrons. The second-order valence-electron chi connectivity index (χ2n) is 5.50. The van der Waals surface area contributed by atoms with E-state index in [2.05, 4.69) is 11.9 Å². The van der Waals surface area contributed by atoms with Gasteiger partial charge < -0.3 is 9.47 Å². The van der Waals surface area contributed by atoms with Crippen molar-refractivity contribution in [2.45, 2.75) is 13.3 Å². The Hall–Kier alpha value is -2.87. The molecule has 0 aliphatic rings. The molecule has 5 heteroatoms. The molecule has 0 N–H and O–H groups in total. The first-order valence-corrected chi connectivity index (χ1v) is 7.41. The highest BCUT2D eigenvalue weighted by Crippen LogP contribution is 2.27. The summed E-state index contributed by atoms with van der Waals surface area (Å²) >= 11 is 0. The molecule has 0 aliphatic carbocycles. The van der Waals surface area contributed by atoms with Crippen LogP contribution in [0.1, 0.15) is 23.7 Å². The largest absolute Gasteiger partial charge is 0.383 e. The Morgan fingerprint density at radius 2 is 2.13 bits per heavy atom. The second kappa shape index (κ2) is 6.93. The maximum Gasteiger partial charge on any atom is 0.268 e. The molecule has 0 bridgehead atoms. The molecular weight excluding hydrogens is 288 g/mol. The molecule has 0 aliphatic heterocycles. The fourth-order valence-corrected chi connectivity index (χ4v) is 2.44. The number of aryl methyl sites for hydroxylation is 1. The summed E-state index contributed by atoms with van der Waals surface area (Å²) in [4.78, 5) is 18.4. The minimum Gasteiger partial charge on any atom is -0.383 e. The lowest BCUT2D eigenvalue weighted by atomic mass is 9.97. The summed E-state index contributed by atoms with van der Waals surface area (Å²) < 4.78 is 1.52. The number of hydrogen-bond donors (Lipinski definition) is 0. The van der Waals surface area contributed by atoms with Crippen LogP contribution in [-0.2, 0) is 13.5 Å². The van der Waals surface area contributed by atoms with Crippen LogP contribution in [0.15, 0.2) is 35.5 Å². The Morgan fingerprint density at radius 3 is 2.74 bits per heavy atom. The van der Waals surface area contributed by atoms with Gasteiger partial charge in [0.15, 0.2) is 0 Å². The van der Waals surface area contributed by atoms with Crippen molar-refractivity contribution in [3.8, 4) is 17.2 Å². The molecule has 2 aromatic heterocycles. The van der Waals surface area contributed by atoms with Gasteiger partial charge in [-0.15, -0.1) is 0 Å². The van der Waals surface area contributed by atoms with Crippen LogP contribution in [-0.4, -0.2) is 28.5 Å². The predicted octanol–water partition coefficient (Wildman–Crippen LogP) is 2.41. The molecule has 0 saturated heterocycles. The van der Waals surface area contributed by atoms with E-state index < -0.39 is 0 Å². The Bertz CT molecular complexity index is 841. The van der Waals surface area contributed by atoms with Crippen molar-refractivity contribution in [1.82, 2.24) is 14.5 Å². The van der Waals surface area contributed by atoms with Gasteiger partial charge >= 0.3 is 0 Å². The van der Waals surface area contributed by atoms with Crippen molar-refractivity contribution in [1.29, 1.82) is 5.26 Å². The number of hydrogen-bond acceptors (Lipinski definition) is 4. The molecule has 0 spiro atoms. The lowest BCUT2D eigenvalue weighted by molar-refractivity contribution is 0.567. The van der Waals surface area contributed by atoms with E-state index in [1.54, 1.807) is 19.3 Å². The average molecular weight is 308 g/mol. The number of nitrogens with zero attached hydrogens (tertiary/aromatic N) is 4. The first-order valence-electron chi connectivity index (χ1n) is 7.41. The quantitative estimate of drug-likeness (QED) is 0.870. The predicted molar refractivity (Wildman–Crippen MR) is 91.7 cm³/mol. The Labute approximate surface area is 136 Å². The summed E-state index contributed by atoms with van der Waals surface area (Å²) in [6.45, 7) is 2.06. The van der Waals surface area contributed by atoms with Gasteiger partial charge in [0.2, 0.25) is 0 Å². The summed E-state index contributed by atoms with van der Waals surface area (Å²) in [5, 5.41) is 9.25. The van der Waals surface area contributed by atoms with E-state index in [0.29, 0.717) is 0 Å². The zero-order valence-corrected chi connectivity index (χ0v) is 13.9. The van der Waals surface area contributed by atoms with Crippen LogP contribution in [0.5, 0.6) is 0 Å². The Morgan fingerprint density at radius 1 is 1.39 bits per heavy atom. The van der Waals surface area contributed by atoms with Gasteiger partial charge in [0.25, 0.3) is 5.56 Å². The summed E-state index contributed by atoms with van der Waals surface area (Å²) in [6.07, 6.45) is 8.15. The highest BCUT2D eigenvalue weighted by Gasteiger charge is 2.14. The summed E-state index contributed by atoms with van der Waals surface area (Å²) in [5.74, 6) is 0. The van der Waals surface area contributed by atoms with Gasteiger partial charge in [-0.2, -0.15) is 5.26 Å². The van der Waals surface area contributed by atoms with Crippen molar-refractivity contribution in [3.63, 3.8) is 0 Å². The molecular formula is C18H20N4O. The maximum atomic E-state index is 12.3. The Kier molecular flexibility index (Phi) is 4.97. The van der Waals surface area contributed by atoms with Gasteiger partial charge in [-0.1, -0.05) is 6.92 Å². The smallest absolute Gasteiger partial charge is 0.268 e. The summed E-state index contributed by atoms with van der Waals surface area (Å²) in [7, 11) is 5.53. The van der Waals surface area contributed by atoms with E-state index in [1.807, 2.05) is 49.6 Å². The van der Waals surface area contributed by atoms with Crippen molar-refractivity contribution in [3.05, 3.63) is 57.9 Å². The van der Waals surface area contributed by atoms with Crippen LogP contribution >= 0.6 is 0 Å². The number of aromatic nitrogens is 2. The number of pyridine rings is 2. The second-order valence-corrected chi connectivity index (χ2v) is 5.50. The van der Waals surface area contributed by atoms with Gasteiger partial charge in [-0.3, -0.25) is 9.78 Å². The zero-order chi connectivity index (χ0) is 17.0. The minimum absolute atomic E-state index is 0.142. The molecule has 2 aromatic rings. The summed E-state index contributed by atoms with van der Waals surface area (Å²) in [6, 6.07) is 5.59. The van der Waals surface area contributed by atoms with E-state index in [4.69, 9.17) is 0 Å². The molecule has 2 rings (SSSR count). The van der Waals surface area contributed by atoms with Crippen LogP contribution in [0.2, 0.25) is 0 Å². The van der Waals surface area contributed by atoms with Crippen LogP contribution in [0.25, 0.3) is 17.2 Å². The first kappa shape index (κ1) is 16.5. The van der Waals surface area contributed by atoms with E-state index in [9.17, 15) is 10.1 Å². The van der Waals surface area contributed by atoms with Gasteiger partial charge in [0.05, 0.1) is 5.69 Å². The molecule has 0 unspecified atom stereocenters. The summed E-state index contributed by atoms with van der Waals surface area (Å²) in [5.41, 5.74) is 3.55. The molecule has 0 atom stereocenters. The highest BCUT2D eigenvalue weighted by atomic mass is 16.1. The molecule has 0 amide bonds. The van der Waals surface area contributed by atoms with Crippen LogP contribution < -0.4 is 5.56 Å². The zero-order valence-electron chi connectivity index (χ0n) is 13.9. The van der Waals surface area contributed by atoms with Gasteiger partial charge in [-0.05, 0) is 35.8 Å². The molecule has 0 fully saturated rings. The lowest BCUT2D eigenvalue weighted by Gasteiger charge is -2.15. The van der Waals surface area contributed by atoms with Crippen molar-refractivity contribution >= 4 is 6.08 Å². The molecule has 0 saturated carbocycles. The number of rotatable bonds is 4. The highest BCUT2D eigenvalue weighted by molar-refractivity contribution is 5.76. The van der Waals surface area contributed by atoms with Crippen LogP contribution in [0.4, 0.5) is 0 Å². The molecule has 23 heavy (non-hydrogen) atoms. The standard InChI is InChI=1S/C18H20N4O/c1-5-13-12-20-8-6-15(13)16-10-14(11-19)18(23)22(4)17(16)7-9-21(2)3/h6-10,12H,5H2,1-4H3/b9-7+. The fourth-order valence-electron chi connectivity index (χ4n) is 2.44. The molecule has 118 valence electrons. The van der Waals surface area contributed by atoms with Gasteiger partial charge in [0, 0.05) is 45.3 Å². The third kappa shape index (κ3) is 3.32. The number of nitriles is 1. The van der Waals surface area contributed by atoms with Crippen molar-refractivity contribution in [2.75, 3.05) is 14.1 Å². The fraction of sp³-hybridized carbons (Fsp3) is 0.278. The molecule has 5 nitrogen and oxygen atoms in total. The molecule has 2 heterocycles. The SMILES string of the molecule is CCc1cnccc1-c1cc(C#N)c(=O)n(C)c1/C=C/N(C)C. The van der Waals surface area contributed by atoms with E-state index in [-0.39, 0.29) is 11.1 Å². The first-order chi connectivity index (χ1) is 11.0. The normalized spacial score (nSPS) is 10.7. The van der Waals surface area contributed by atoms with E-state index in [1.165, 1.54) is 4.57 Å². The van der Waals surface area contributed by atoms with Crippen LogP contribution in [0.3, 0.4) is 0 Å². The van der Waals surface area contributed by atoms with Crippen molar-refractivity contribution < 1.29 is 0 Å². The minimum atomic E-state index is -0.290. The van der Waals surface area contributed by atoms with Crippen LogP contribution in [0, 0.1) is 11.3 Å². The lowest BCUT2D eigenvalue weighted by Crippen LogP contribution is -2.22. The monoisotopic (exact) mass is 308 g/mol. The maximum absolute atomic E-state index is 12.3. The topological polar surface area (TPSA) is 61.9 Å². The Balaban J connectivity index is 2.82. The van der Waals surface area contributed by atoms with Crippen molar-refractivity contribution in [2.24, 2.45) is 7.05 Å². The third-order valence-electron chi connectivity index (χ3n) is 3.69. The molecule has 0 aromatic carbocycles. The third-order valence-corrected chi connectivity index (χ3v) is 3.69. The van der Waals surface area contributed by atoms with Gasteiger partial charge in [0.1, 0.15) is 11.6 Å². The average Bonchev–Trinajstić information content (AvgIpc) is 2.56. The van der Waals surface area contributed by atoms with Gasteiger partial charge in [-0.25, -0.2) is 0 Å². The van der Waals surface area contributed by atoms with E-state index >= 15 is 0 Å².